The molecule has 0 unspecified atom stereocenters. The lowest BCUT2D eigenvalue weighted by Gasteiger charge is -1.97. The van der Waals surface area contributed by atoms with Gasteiger partial charge < -0.3 is 10.6 Å². The molecule has 0 aliphatic rings. The van der Waals surface area contributed by atoms with Gasteiger partial charge in [0.05, 0.1) is 0 Å². The Hall–Kier alpha value is -0.290. The van der Waals surface area contributed by atoms with Crippen LogP contribution in [0.1, 0.15) is 0 Å². The molecule has 46 valence electrons. The maximum absolute atomic E-state index is 10.6. The molecule has 0 radical (unpaired) electrons. The van der Waals surface area contributed by atoms with Crippen molar-refractivity contribution in [1.82, 2.24) is 0 Å². The highest BCUT2D eigenvalue weighted by molar-refractivity contribution is 4.38. The summed E-state index contributed by atoms with van der Waals surface area (Å²) in [6.07, 6.45) is -4.12. The van der Waals surface area contributed by atoms with Crippen molar-refractivity contribution in [3.63, 3.8) is 0 Å². The molecule has 0 aromatic carbocycles. The van der Waals surface area contributed by atoms with Crippen molar-refractivity contribution >= 4 is 0 Å². The fourth-order valence-corrected chi connectivity index (χ4v) is 0. The van der Waals surface area contributed by atoms with Crippen molar-refractivity contribution in [2.75, 3.05) is 6.67 Å². The summed E-state index contributed by atoms with van der Waals surface area (Å²) in [5, 5.41) is 7.12. The summed E-state index contributed by atoms with van der Waals surface area (Å²) >= 11 is 0. The van der Waals surface area contributed by atoms with Crippen LogP contribution >= 0.6 is 0 Å². The molecule has 0 aromatic rings. The van der Waals surface area contributed by atoms with Crippen LogP contribution in [-0.4, -0.2) is 23.4 Å². The van der Waals surface area contributed by atoms with Crippen molar-refractivity contribution in [3.05, 3.63) is 0 Å². The average molecular weight is 118 g/mol. The van der Waals surface area contributed by atoms with Gasteiger partial charge >= 0.3 is 6.11 Å². The summed E-state index contributed by atoms with van der Waals surface area (Å²) < 4.78 is 31.8. The summed E-state index contributed by atoms with van der Waals surface area (Å²) in [7, 11) is 0. The first-order valence-corrected chi connectivity index (χ1v) is 1.22. The zero-order chi connectivity index (χ0) is 5.21. The molecule has 0 fully saturated rings. The second-order valence-corrected chi connectivity index (χ2v) is 0.799. The fraction of sp³-hybridized carbons (Fsp3) is 1.00. The van der Waals surface area contributed by atoms with Gasteiger partial charge in [-0.25, -0.2) is 4.39 Å². The summed E-state index contributed by atoms with van der Waals surface area (Å²) in [6.45, 7) is -2.01. The average Bonchev–Trinajstić information content (AvgIpc) is 1.35. The lowest BCUT2D eigenvalue weighted by molar-refractivity contribution is -0.208. The fourth-order valence-electron chi connectivity index (χ4n) is 0. The predicted octanol–water partition coefficient (Wildman–Crippen LogP) is -0.284. The second-order valence-electron chi connectivity index (χ2n) is 0.799. The number of halogens is 3. The van der Waals surface area contributed by atoms with Crippen molar-refractivity contribution < 1.29 is 23.8 Å². The number of rotatable bonds is 1. The van der Waals surface area contributed by atoms with Crippen LogP contribution in [-0.2, 0) is 0 Å². The minimum Gasteiger partial charge on any atom is -0.412 e. The molecule has 0 rings (SSSR count). The zero-order valence-electron chi connectivity index (χ0n) is 3.29. The first-order valence-electron chi connectivity index (χ1n) is 1.22. The molecule has 0 aliphatic carbocycles. The molecule has 2 nitrogen and oxygen atoms in total. The summed E-state index contributed by atoms with van der Waals surface area (Å²) in [4.78, 5) is 0. The minimum absolute atomic E-state index is 0. The van der Waals surface area contributed by atoms with E-state index in [0.717, 1.165) is 0 Å². The Labute approximate surface area is 37.9 Å². The zero-order valence-corrected chi connectivity index (χ0v) is 3.29. The Morgan fingerprint density at radius 1 is 1.43 bits per heavy atom. The van der Waals surface area contributed by atoms with Crippen LogP contribution < -0.4 is 0 Å². The van der Waals surface area contributed by atoms with E-state index < -0.39 is 12.8 Å². The third-order valence-electron chi connectivity index (χ3n) is 0.161. The third-order valence-corrected chi connectivity index (χ3v) is 0.161. The van der Waals surface area contributed by atoms with Crippen molar-refractivity contribution in [3.8, 4) is 0 Å². The standard InChI is InChI=1S/C2H3F3O.H2O/c3-1-2(4,5)6;/h6H,1H2;1H2. The first-order chi connectivity index (χ1) is 2.56. The van der Waals surface area contributed by atoms with Gasteiger partial charge in [0.1, 0.15) is 0 Å². The van der Waals surface area contributed by atoms with Crippen molar-refractivity contribution in [2.45, 2.75) is 6.11 Å². The molecule has 5 heteroatoms. The molecule has 0 heterocycles. The van der Waals surface area contributed by atoms with E-state index in [9.17, 15) is 13.2 Å². The Bertz CT molecular complexity index is 40.7. The normalized spacial score (nSPS) is 10.3. The molecule has 0 atom stereocenters. The van der Waals surface area contributed by atoms with Crippen LogP contribution in [0.4, 0.5) is 13.2 Å². The largest absolute Gasteiger partial charge is 0.412 e. The van der Waals surface area contributed by atoms with E-state index in [0.29, 0.717) is 0 Å². The highest BCUT2D eigenvalue weighted by Crippen LogP contribution is 2.06. The Balaban J connectivity index is 0. The van der Waals surface area contributed by atoms with Crippen molar-refractivity contribution in [1.29, 1.82) is 0 Å². The molecule has 3 N–H and O–H groups in total. The topological polar surface area (TPSA) is 51.7 Å². The van der Waals surface area contributed by atoms with Gasteiger partial charge in [-0.3, -0.25) is 0 Å². The molecule has 0 aromatic heterocycles. The SMILES string of the molecule is O.OC(F)(F)CF. The molecule has 0 aliphatic heterocycles. The van der Waals surface area contributed by atoms with E-state index in [1.165, 1.54) is 0 Å². The van der Waals surface area contributed by atoms with Gasteiger partial charge in [-0.2, -0.15) is 8.78 Å². The van der Waals surface area contributed by atoms with Gasteiger partial charge in [0, 0.05) is 0 Å². The maximum atomic E-state index is 10.6. The Morgan fingerprint density at radius 3 is 1.57 bits per heavy atom. The molecule has 0 bridgehead atoms. The van der Waals surface area contributed by atoms with E-state index in [1.807, 2.05) is 0 Å². The van der Waals surface area contributed by atoms with E-state index in [2.05, 4.69) is 0 Å². The Morgan fingerprint density at radius 2 is 1.57 bits per heavy atom. The Kier molecular flexibility index (Phi) is 3.96. The number of hydrogen-bond acceptors (Lipinski definition) is 1. The van der Waals surface area contributed by atoms with Crippen LogP contribution in [0.15, 0.2) is 0 Å². The highest BCUT2D eigenvalue weighted by Gasteiger charge is 2.22. The molecule has 0 saturated carbocycles. The van der Waals surface area contributed by atoms with Crippen LogP contribution in [0.5, 0.6) is 0 Å². The summed E-state index contributed by atoms with van der Waals surface area (Å²) in [6, 6.07) is 0. The molecule has 0 amide bonds. The number of alkyl halides is 3. The molecule has 0 spiro atoms. The van der Waals surface area contributed by atoms with Crippen LogP contribution in [0, 0.1) is 0 Å². The van der Waals surface area contributed by atoms with Gasteiger partial charge in [0.2, 0.25) is 0 Å². The van der Waals surface area contributed by atoms with Gasteiger partial charge in [0.15, 0.2) is 6.67 Å². The van der Waals surface area contributed by atoms with Crippen LogP contribution in [0.3, 0.4) is 0 Å². The number of aliphatic hydroxyl groups is 1. The monoisotopic (exact) mass is 118 g/mol. The molecule has 0 saturated heterocycles. The van der Waals surface area contributed by atoms with Gasteiger partial charge in [0.25, 0.3) is 0 Å². The van der Waals surface area contributed by atoms with Crippen molar-refractivity contribution in [2.24, 2.45) is 0 Å². The lowest BCUT2D eigenvalue weighted by atomic mass is 10.7. The van der Waals surface area contributed by atoms with Gasteiger partial charge in [-0.05, 0) is 0 Å². The second kappa shape index (κ2) is 2.81. The van der Waals surface area contributed by atoms with Crippen LogP contribution in [0.2, 0.25) is 0 Å². The van der Waals surface area contributed by atoms with E-state index in [4.69, 9.17) is 5.11 Å². The lowest BCUT2D eigenvalue weighted by Crippen LogP contribution is -2.15. The highest BCUT2D eigenvalue weighted by atomic mass is 19.3. The molecular weight excluding hydrogens is 113 g/mol. The van der Waals surface area contributed by atoms with E-state index in [-0.39, 0.29) is 5.48 Å². The predicted molar refractivity (Wildman–Crippen MR) is 16.8 cm³/mol. The third kappa shape index (κ3) is 10.7. The first kappa shape index (κ1) is 9.86. The minimum atomic E-state index is -4.12. The van der Waals surface area contributed by atoms with Crippen LogP contribution in [0.25, 0.3) is 0 Å². The van der Waals surface area contributed by atoms with E-state index in [1.54, 1.807) is 0 Å². The summed E-state index contributed by atoms with van der Waals surface area (Å²) in [5.41, 5.74) is 0. The quantitative estimate of drug-likeness (QED) is 0.505. The van der Waals surface area contributed by atoms with Gasteiger partial charge in [-0.15, -0.1) is 0 Å². The molecule has 7 heavy (non-hydrogen) atoms. The smallest absolute Gasteiger partial charge is 0.381 e. The summed E-state index contributed by atoms with van der Waals surface area (Å²) in [5.74, 6) is 0. The van der Waals surface area contributed by atoms with E-state index >= 15 is 0 Å². The maximum Gasteiger partial charge on any atom is 0.381 e. The number of hydrogen-bond donors (Lipinski definition) is 1. The van der Waals surface area contributed by atoms with Gasteiger partial charge in [-0.1, -0.05) is 0 Å². The molecular formula is C2H5F3O2.